The van der Waals surface area contributed by atoms with Crippen molar-refractivity contribution < 1.29 is 0 Å². The summed E-state index contributed by atoms with van der Waals surface area (Å²) in [6, 6.07) is 0.0874. The van der Waals surface area contributed by atoms with Crippen molar-refractivity contribution in [2.45, 2.75) is 25.9 Å². The molecule has 2 heterocycles. The Morgan fingerprint density at radius 3 is 3.06 bits per heavy atom. The minimum atomic E-state index is 0.0874. The molecule has 0 bridgehead atoms. The van der Waals surface area contributed by atoms with Crippen LogP contribution >= 0.6 is 11.5 Å². The highest BCUT2D eigenvalue weighted by Crippen LogP contribution is 2.19. The van der Waals surface area contributed by atoms with Gasteiger partial charge in [-0.3, -0.25) is 4.68 Å². The molecule has 0 spiro atoms. The molecule has 2 aromatic heterocycles. The fourth-order valence-electron chi connectivity index (χ4n) is 1.66. The van der Waals surface area contributed by atoms with E-state index in [0.717, 1.165) is 24.2 Å². The molecule has 86 valence electrons. The number of nitrogens with one attached hydrogen (secondary N) is 1. The van der Waals surface area contributed by atoms with Crippen LogP contribution in [0, 0.1) is 0 Å². The van der Waals surface area contributed by atoms with Crippen molar-refractivity contribution in [2.24, 2.45) is 0 Å². The van der Waals surface area contributed by atoms with Crippen molar-refractivity contribution >= 4 is 11.5 Å². The summed E-state index contributed by atoms with van der Waals surface area (Å²) in [5, 5.41) is 13.6. The van der Waals surface area contributed by atoms with E-state index in [-0.39, 0.29) is 6.04 Å². The van der Waals surface area contributed by atoms with Gasteiger partial charge in [0.05, 0.1) is 17.9 Å². The lowest BCUT2D eigenvalue weighted by Gasteiger charge is -2.10. The van der Waals surface area contributed by atoms with Crippen molar-refractivity contribution in [2.75, 3.05) is 7.05 Å². The zero-order valence-electron chi connectivity index (χ0n) is 9.42. The lowest BCUT2D eigenvalue weighted by atomic mass is 10.1. The Kier molecular flexibility index (Phi) is 3.63. The van der Waals surface area contributed by atoms with Crippen LogP contribution in [0.3, 0.4) is 0 Å². The Hall–Kier alpha value is -1.27. The van der Waals surface area contributed by atoms with E-state index in [1.54, 1.807) is 0 Å². The molecule has 1 atom stereocenters. The number of aromatic nitrogens is 4. The van der Waals surface area contributed by atoms with Crippen LogP contribution in [0.4, 0.5) is 0 Å². The topological polar surface area (TPSA) is 55.6 Å². The van der Waals surface area contributed by atoms with Crippen molar-refractivity contribution in [3.05, 3.63) is 29.0 Å². The molecule has 1 N–H and O–H groups in total. The predicted molar refractivity (Wildman–Crippen MR) is 63.3 cm³/mol. The minimum Gasteiger partial charge on any atom is -0.308 e. The largest absolute Gasteiger partial charge is 0.308 e. The van der Waals surface area contributed by atoms with Crippen LogP contribution in [-0.4, -0.2) is 26.4 Å². The van der Waals surface area contributed by atoms with E-state index in [9.17, 15) is 0 Å². The molecule has 1 unspecified atom stereocenters. The smallest absolute Gasteiger partial charge is 0.0971 e. The van der Waals surface area contributed by atoms with E-state index in [4.69, 9.17) is 0 Å². The predicted octanol–water partition coefficient (Wildman–Crippen LogP) is 1.45. The van der Waals surface area contributed by atoms with Gasteiger partial charge in [-0.1, -0.05) is 11.4 Å². The first kappa shape index (κ1) is 11.2. The van der Waals surface area contributed by atoms with Gasteiger partial charge < -0.3 is 5.32 Å². The van der Waals surface area contributed by atoms with E-state index in [0.29, 0.717) is 0 Å². The van der Waals surface area contributed by atoms with Crippen molar-refractivity contribution in [1.29, 1.82) is 0 Å². The third-order valence-electron chi connectivity index (χ3n) is 2.40. The number of hydrogen-bond acceptors (Lipinski definition) is 5. The van der Waals surface area contributed by atoms with E-state index in [1.165, 1.54) is 11.5 Å². The summed E-state index contributed by atoms with van der Waals surface area (Å²) < 4.78 is 5.84. The normalized spacial score (nSPS) is 12.9. The van der Waals surface area contributed by atoms with Crippen LogP contribution in [0.5, 0.6) is 0 Å². The first-order valence-electron chi connectivity index (χ1n) is 5.31. The molecular weight excluding hydrogens is 222 g/mol. The number of nitrogens with zero attached hydrogens (tertiary/aromatic N) is 4. The molecule has 2 aromatic rings. The Bertz CT molecular complexity index is 422. The van der Waals surface area contributed by atoms with E-state index < -0.39 is 0 Å². The van der Waals surface area contributed by atoms with Crippen LogP contribution < -0.4 is 5.32 Å². The highest BCUT2D eigenvalue weighted by atomic mass is 32.1. The molecule has 5 nitrogen and oxygen atoms in total. The summed E-state index contributed by atoms with van der Waals surface area (Å²) in [6.45, 7) is 3.09. The summed E-state index contributed by atoms with van der Waals surface area (Å²) in [5.74, 6) is 0. The zero-order chi connectivity index (χ0) is 11.4. The molecule has 16 heavy (non-hydrogen) atoms. The molecule has 0 radical (unpaired) electrons. The maximum absolute atomic E-state index is 4.32. The Balaban J connectivity index is 2.20. The quantitative estimate of drug-likeness (QED) is 0.855. The lowest BCUT2D eigenvalue weighted by Crippen LogP contribution is -2.17. The summed E-state index contributed by atoms with van der Waals surface area (Å²) in [4.78, 5) is 0. The number of aryl methyl sites for hydroxylation is 1. The molecule has 0 fully saturated rings. The summed E-state index contributed by atoms with van der Waals surface area (Å²) >= 11 is 1.37. The number of rotatable bonds is 5. The van der Waals surface area contributed by atoms with E-state index >= 15 is 0 Å². The Labute approximate surface area is 98.7 Å². The molecule has 0 aliphatic rings. The lowest BCUT2D eigenvalue weighted by molar-refractivity contribution is 0.599. The standard InChI is InChI=1S/C10H15N5S/c1-3-4-15-6-8(5-12-15)10(11-2)9-7-16-14-13-9/h5-7,10-11H,3-4H2,1-2H3. The van der Waals surface area contributed by atoms with Crippen molar-refractivity contribution in [3.63, 3.8) is 0 Å². The third kappa shape index (κ3) is 2.28. The maximum atomic E-state index is 4.32. The van der Waals surface area contributed by atoms with Gasteiger partial charge >= 0.3 is 0 Å². The van der Waals surface area contributed by atoms with Gasteiger partial charge in [0.1, 0.15) is 0 Å². The van der Waals surface area contributed by atoms with Gasteiger partial charge in [-0.05, 0) is 25.0 Å². The highest BCUT2D eigenvalue weighted by molar-refractivity contribution is 7.03. The molecule has 0 saturated carbocycles. The third-order valence-corrected chi connectivity index (χ3v) is 2.92. The molecule has 6 heteroatoms. The van der Waals surface area contributed by atoms with Gasteiger partial charge in [0.25, 0.3) is 0 Å². The van der Waals surface area contributed by atoms with E-state index in [1.807, 2.05) is 23.3 Å². The van der Waals surface area contributed by atoms with Gasteiger partial charge in [-0.15, -0.1) is 5.10 Å². The first-order chi connectivity index (χ1) is 7.85. The average Bonchev–Trinajstić information content (AvgIpc) is 2.92. The first-order valence-corrected chi connectivity index (χ1v) is 6.15. The molecular formula is C10H15N5S. The van der Waals surface area contributed by atoms with Crippen LogP contribution in [0.25, 0.3) is 0 Å². The van der Waals surface area contributed by atoms with Crippen molar-refractivity contribution in [3.8, 4) is 0 Å². The molecule has 0 aliphatic carbocycles. The van der Waals surface area contributed by atoms with Gasteiger partial charge in [-0.25, -0.2) is 0 Å². The van der Waals surface area contributed by atoms with Gasteiger partial charge in [0, 0.05) is 23.7 Å². The molecule has 2 rings (SSSR count). The zero-order valence-corrected chi connectivity index (χ0v) is 10.2. The molecule has 0 aromatic carbocycles. The Morgan fingerprint density at radius 1 is 1.56 bits per heavy atom. The van der Waals surface area contributed by atoms with Gasteiger partial charge in [-0.2, -0.15) is 5.10 Å². The second-order valence-corrected chi connectivity index (χ2v) is 4.20. The molecule has 0 aliphatic heterocycles. The van der Waals surface area contributed by atoms with Crippen LogP contribution in [-0.2, 0) is 6.54 Å². The SMILES string of the molecule is CCCn1cc(C(NC)c2csnn2)cn1. The van der Waals surface area contributed by atoms with Crippen LogP contribution in [0.1, 0.15) is 30.6 Å². The average molecular weight is 237 g/mol. The summed E-state index contributed by atoms with van der Waals surface area (Å²) in [6.07, 6.45) is 5.03. The second-order valence-electron chi connectivity index (χ2n) is 3.59. The van der Waals surface area contributed by atoms with E-state index in [2.05, 4.69) is 33.1 Å². The van der Waals surface area contributed by atoms with Gasteiger partial charge in [0.15, 0.2) is 0 Å². The van der Waals surface area contributed by atoms with Crippen molar-refractivity contribution in [1.82, 2.24) is 24.7 Å². The van der Waals surface area contributed by atoms with Crippen LogP contribution in [0.15, 0.2) is 17.8 Å². The summed E-state index contributed by atoms with van der Waals surface area (Å²) in [5.41, 5.74) is 2.08. The number of hydrogen-bond donors (Lipinski definition) is 1. The second kappa shape index (κ2) is 5.18. The van der Waals surface area contributed by atoms with Crippen LogP contribution in [0.2, 0.25) is 0 Å². The minimum absolute atomic E-state index is 0.0874. The highest BCUT2D eigenvalue weighted by Gasteiger charge is 2.16. The fraction of sp³-hybridized carbons (Fsp3) is 0.500. The fourth-order valence-corrected chi connectivity index (χ4v) is 2.14. The molecule has 0 saturated heterocycles. The Morgan fingerprint density at radius 2 is 2.44 bits per heavy atom. The monoisotopic (exact) mass is 237 g/mol. The molecule has 0 amide bonds. The summed E-state index contributed by atoms with van der Waals surface area (Å²) in [7, 11) is 1.92. The van der Waals surface area contributed by atoms with Gasteiger partial charge in [0.2, 0.25) is 0 Å². The maximum Gasteiger partial charge on any atom is 0.0971 e.